The van der Waals surface area contributed by atoms with Crippen LogP contribution >= 0.6 is 15.9 Å². The highest BCUT2D eigenvalue weighted by Gasteiger charge is 2.12. The van der Waals surface area contributed by atoms with Crippen molar-refractivity contribution < 1.29 is 4.39 Å². The van der Waals surface area contributed by atoms with Crippen molar-refractivity contribution in [1.82, 2.24) is 0 Å². The summed E-state index contributed by atoms with van der Waals surface area (Å²) in [5, 5.41) is 0. The van der Waals surface area contributed by atoms with Crippen LogP contribution in [0, 0.1) is 5.82 Å². The first-order chi connectivity index (χ1) is 9.17. The fourth-order valence-electron chi connectivity index (χ4n) is 2.03. The Hall–Kier alpha value is -1.39. The molecular weight excluding hydrogens is 307 g/mol. The third-order valence-electron chi connectivity index (χ3n) is 3.03. The van der Waals surface area contributed by atoms with Crippen molar-refractivity contribution >= 4 is 27.3 Å². The molecule has 0 bridgehead atoms. The van der Waals surface area contributed by atoms with Crippen LogP contribution in [0.15, 0.2) is 46.9 Å². The number of para-hydroxylation sites is 1. The average Bonchev–Trinajstić information content (AvgIpc) is 2.42. The second-order valence-electron chi connectivity index (χ2n) is 4.18. The average molecular weight is 323 g/mol. The highest BCUT2D eigenvalue weighted by atomic mass is 79.9. The van der Waals surface area contributed by atoms with E-state index in [1.807, 2.05) is 36.1 Å². The van der Waals surface area contributed by atoms with Crippen LogP contribution in [0.3, 0.4) is 0 Å². The summed E-state index contributed by atoms with van der Waals surface area (Å²) in [6.07, 6.45) is 0. The van der Waals surface area contributed by atoms with Gasteiger partial charge in [-0.1, -0.05) is 34.1 Å². The van der Waals surface area contributed by atoms with Gasteiger partial charge in [0, 0.05) is 23.2 Å². The Morgan fingerprint density at radius 1 is 1.21 bits per heavy atom. The number of nitrogens with zero attached hydrogens (tertiary/aromatic N) is 1. The zero-order valence-corrected chi connectivity index (χ0v) is 12.3. The van der Waals surface area contributed by atoms with Gasteiger partial charge in [0.15, 0.2) is 0 Å². The van der Waals surface area contributed by atoms with Gasteiger partial charge < -0.3 is 10.6 Å². The van der Waals surface area contributed by atoms with E-state index in [9.17, 15) is 4.39 Å². The normalized spacial score (nSPS) is 10.5. The van der Waals surface area contributed by atoms with E-state index < -0.39 is 0 Å². The second kappa shape index (κ2) is 6.17. The molecule has 0 radical (unpaired) electrons. The largest absolute Gasteiger partial charge is 0.339 e. The molecule has 0 aromatic heterocycles. The summed E-state index contributed by atoms with van der Waals surface area (Å²) in [5.41, 5.74) is 8.20. The number of benzene rings is 2. The molecule has 0 heterocycles. The molecule has 0 aliphatic rings. The van der Waals surface area contributed by atoms with Gasteiger partial charge in [-0.05, 0) is 36.8 Å². The van der Waals surface area contributed by atoms with Crippen LogP contribution in [-0.4, -0.2) is 6.54 Å². The Kier molecular flexibility index (Phi) is 4.56. The maximum absolute atomic E-state index is 13.9. The Labute approximate surface area is 121 Å². The van der Waals surface area contributed by atoms with Crippen molar-refractivity contribution in [1.29, 1.82) is 0 Å². The van der Waals surface area contributed by atoms with E-state index in [-0.39, 0.29) is 5.82 Å². The number of rotatable bonds is 4. The molecule has 0 fully saturated rings. The van der Waals surface area contributed by atoms with E-state index in [2.05, 4.69) is 15.9 Å². The highest BCUT2D eigenvalue weighted by Crippen LogP contribution is 2.30. The van der Waals surface area contributed by atoms with Crippen LogP contribution in [0.2, 0.25) is 0 Å². The molecule has 0 saturated carbocycles. The predicted molar refractivity (Wildman–Crippen MR) is 81.1 cm³/mol. The molecule has 0 saturated heterocycles. The van der Waals surface area contributed by atoms with E-state index in [1.165, 1.54) is 6.07 Å². The highest BCUT2D eigenvalue weighted by molar-refractivity contribution is 9.10. The second-order valence-corrected chi connectivity index (χ2v) is 5.03. The maximum Gasteiger partial charge on any atom is 0.146 e. The number of anilines is 2. The van der Waals surface area contributed by atoms with Crippen molar-refractivity contribution in [3.8, 4) is 0 Å². The number of nitrogens with two attached hydrogens (primary N) is 1. The molecule has 2 aromatic carbocycles. The van der Waals surface area contributed by atoms with Crippen molar-refractivity contribution in [2.24, 2.45) is 5.73 Å². The Morgan fingerprint density at radius 3 is 2.53 bits per heavy atom. The third-order valence-corrected chi connectivity index (χ3v) is 3.77. The fraction of sp³-hybridized carbons (Fsp3) is 0.200. The van der Waals surface area contributed by atoms with Gasteiger partial charge in [0.25, 0.3) is 0 Å². The van der Waals surface area contributed by atoms with Crippen LogP contribution < -0.4 is 10.6 Å². The first kappa shape index (κ1) is 14.0. The van der Waals surface area contributed by atoms with Gasteiger partial charge in [-0.15, -0.1) is 0 Å². The first-order valence-electron chi connectivity index (χ1n) is 6.18. The fourth-order valence-corrected chi connectivity index (χ4v) is 2.56. The molecule has 0 aliphatic carbocycles. The monoisotopic (exact) mass is 322 g/mol. The summed E-state index contributed by atoms with van der Waals surface area (Å²) >= 11 is 3.50. The van der Waals surface area contributed by atoms with Gasteiger partial charge in [0.05, 0.1) is 5.69 Å². The SMILES string of the molecule is CCN(c1ccc(CN)c(Br)c1)c1ccccc1F. The zero-order valence-electron chi connectivity index (χ0n) is 10.7. The van der Waals surface area contributed by atoms with E-state index in [4.69, 9.17) is 5.73 Å². The Bertz CT molecular complexity index is 572. The molecule has 0 aliphatic heterocycles. The van der Waals surface area contributed by atoms with Gasteiger partial charge in [0.1, 0.15) is 5.82 Å². The van der Waals surface area contributed by atoms with Gasteiger partial charge in [-0.3, -0.25) is 0 Å². The minimum absolute atomic E-state index is 0.219. The van der Waals surface area contributed by atoms with Gasteiger partial charge in [-0.25, -0.2) is 4.39 Å². The van der Waals surface area contributed by atoms with Crippen LogP contribution in [0.4, 0.5) is 15.8 Å². The van der Waals surface area contributed by atoms with Crippen molar-refractivity contribution in [3.63, 3.8) is 0 Å². The van der Waals surface area contributed by atoms with Gasteiger partial charge >= 0.3 is 0 Å². The topological polar surface area (TPSA) is 29.3 Å². The van der Waals surface area contributed by atoms with Crippen LogP contribution in [0.5, 0.6) is 0 Å². The molecule has 2 nitrogen and oxygen atoms in total. The van der Waals surface area contributed by atoms with Crippen molar-refractivity contribution in [2.75, 3.05) is 11.4 Å². The summed E-state index contributed by atoms with van der Waals surface area (Å²) in [7, 11) is 0. The zero-order chi connectivity index (χ0) is 13.8. The summed E-state index contributed by atoms with van der Waals surface area (Å²) < 4.78 is 14.8. The summed E-state index contributed by atoms with van der Waals surface area (Å²) in [4.78, 5) is 1.93. The van der Waals surface area contributed by atoms with Crippen molar-refractivity contribution in [2.45, 2.75) is 13.5 Å². The maximum atomic E-state index is 13.9. The summed E-state index contributed by atoms with van der Waals surface area (Å²) in [5.74, 6) is -0.219. The number of hydrogen-bond donors (Lipinski definition) is 1. The molecule has 0 atom stereocenters. The molecule has 0 amide bonds. The molecule has 19 heavy (non-hydrogen) atoms. The van der Waals surface area contributed by atoms with Gasteiger partial charge in [-0.2, -0.15) is 0 Å². The number of hydrogen-bond acceptors (Lipinski definition) is 2. The Morgan fingerprint density at radius 2 is 1.95 bits per heavy atom. The van der Waals surface area contributed by atoms with Gasteiger partial charge in [0.2, 0.25) is 0 Å². The van der Waals surface area contributed by atoms with Crippen LogP contribution in [0.1, 0.15) is 12.5 Å². The lowest BCUT2D eigenvalue weighted by atomic mass is 10.1. The first-order valence-corrected chi connectivity index (χ1v) is 6.97. The minimum Gasteiger partial charge on any atom is -0.339 e. The quantitative estimate of drug-likeness (QED) is 0.913. The summed E-state index contributed by atoms with van der Waals surface area (Å²) in [6.45, 7) is 3.17. The van der Waals surface area contributed by atoms with Crippen LogP contribution in [-0.2, 0) is 6.54 Å². The van der Waals surface area contributed by atoms with Crippen molar-refractivity contribution in [3.05, 3.63) is 58.3 Å². The van der Waals surface area contributed by atoms with E-state index >= 15 is 0 Å². The van der Waals surface area contributed by atoms with E-state index in [0.29, 0.717) is 18.8 Å². The summed E-state index contributed by atoms with van der Waals surface area (Å²) in [6, 6.07) is 12.7. The number of halogens is 2. The van der Waals surface area contributed by atoms with E-state index in [1.54, 1.807) is 12.1 Å². The molecule has 0 unspecified atom stereocenters. The smallest absolute Gasteiger partial charge is 0.146 e. The van der Waals surface area contributed by atoms with Crippen LogP contribution in [0.25, 0.3) is 0 Å². The predicted octanol–water partition coefficient (Wildman–Crippen LogP) is 4.20. The molecular formula is C15H16BrFN2. The van der Waals surface area contributed by atoms with E-state index in [0.717, 1.165) is 15.7 Å². The Balaban J connectivity index is 2.43. The lowest BCUT2D eigenvalue weighted by Gasteiger charge is -2.24. The molecule has 0 spiro atoms. The standard InChI is InChI=1S/C15H16BrFN2/c1-2-19(15-6-4-3-5-14(15)17)12-8-7-11(10-18)13(16)9-12/h3-9H,2,10,18H2,1H3. The molecule has 2 aromatic rings. The minimum atomic E-state index is -0.219. The lowest BCUT2D eigenvalue weighted by Crippen LogP contribution is -2.17. The lowest BCUT2D eigenvalue weighted by molar-refractivity contribution is 0.625. The molecule has 2 rings (SSSR count). The molecule has 4 heteroatoms. The molecule has 2 N–H and O–H groups in total. The third kappa shape index (κ3) is 2.96. The molecule has 100 valence electrons.